The molecule has 0 aromatic heterocycles. The molecular weight excluding hydrogens is 535 g/mol. The third kappa shape index (κ3) is 6.30. The summed E-state index contributed by atoms with van der Waals surface area (Å²) in [6.07, 6.45) is -5.41. The number of hydrogen-bond donors (Lipinski definition) is 0. The van der Waals surface area contributed by atoms with Crippen LogP contribution in [-0.2, 0) is 11.0 Å². The van der Waals surface area contributed by atoms with Gasteiger partial charge in [-0.2, -0.15) is 13.2 Å². The maximum absolute atomic E-state index is 12.9. The lowest BCUT2D eigenvalue weighted by atomic mass is 9.94. The molecular formula is C24H17Cl4F3O3. The summed E-state index contributed by atoms with van der Waals surface area (Å²) >= 11 is 24.1. The third-order valence-corrected chi connectivity index (χ3v) is 6.31. The Kier molecular flexibility index (Phi) is 8.30. The number of Topliss-reactive ketones (excluding diaryl/α,β-unsaturated/α-hetero) is 1. The molecule has 0 saturated heterocycles. The summed E-state index contributed by atoms with van der Waals surface area (Å²) < 4.78 is 49.9. The van der Waals surface area contributed by atoms with Crippen molar-refractivity contribution in [2.24, 2.45) is 0 Å². The van der Waals surface area contributed by atoms with Crippen molar-refractivity contribution >= 4 is 52.2 Å². The first kappa shape index (κ1) is 26.5. The number of benzene rings is 3. The number of halogens is 7. The minimum atomic E-state index is -4.53. The highest BCUT2D eigenvalue weighted by Crippen LogP contribution is 2.38. The van der Waals surface area contributed by atoms with Crippen molar-refractivity contribution in [1.29, 1.82) is 0 Å². The maximum Gasteiger partial charge on any atom is 0.416 e. The summed E-state index contributed by atoms with van der Waals surface area (Å²) in [4.78, 5) is 12.9. The van der Waals surface area contributed by atoms with Crippen molar-refractivity contribution in [1.82, 2.24) is 0 Å². The predicted molar refractivity (Wildman–Crippen MR) is 128 cm³/mol. The molecule has 0 aliphatic carbocycles. The monoisotopic (exact) mass is 550 g/mol. The van der Waals surface area contributed by atoms with Crippen LogP contribution in [0.15, 0.2) is 54.6 Å². The van der Waals surface area contributed by atoms with Crippen LogP contribution in [0, 0.1) is 0 Å². The quantitative estimate of drug-likeness (QED) is 0.293. The molecule has 2 atom stereocenters. The average molecular weight is 552 g/mol. The molecule has 0 spiro atoms. The van der Waals surface area contributed by atoms with Gasteiger partial charge in [-0.1, -0.05) is 59.4 Å². The minimum Gasteiger partial charge on any atom is -0.481 e. The number of carbonyl (C=O) groups is 1. The van der Waals surface area contributed by atoms with Crippen molar-refractivity contribution in [2.45, 2.75) is 32.0 Å². The highest BCUT2D eigenvalue weighted by atomic mass is 35.5. The van der Waals surface area contributed by atoms with Crippen molar-refractivity contribution in [3.63, 3.8) is 0 Å². The van der Waals surface area contributed by atoms with Gasteiger partial charge >= 0.3 is 6.18 Å². The molecule has 3 rings (SSSR count). The van der Waals surface area contributed by atoms with E-state index in [0.717, 1.165) is 18.2 Å². The van der Waals surface area contributed by atoms with Crippen molar-refractivity contribution in [3.8, 4) is 17.2 Å². The van der Waals surface area contributed by atoms with Gasteiger partial charge in [0.15, 0.2) is 11.9 Å². The smallest absolute Gasteiger partial charge is 0.416 e. The van der Waals surface area contributed by atoms with Crippen molar-refractivity contribution < 1.29 is 27.4 Å². The summed E-state index contributed by atoms with van der Waals surface area (Å²) in [5, 5.41) is 0.715. The van der Waals surface area contributed by atoms with E-state index in [4.69, 9.17) is 55.9 Å². The number of carbonyl (C=O) groups excluding carboxylic acids is 1. The van der Waals surface area contributed by atoms with Crippen LogP contribution in [0.2, 0.25) is 20.1 Å². The van der Waals surface area contributed by atoms with Gasteiger partial charge in [-0.25, -0.2) is 0 Å². The molecule has 0 heterocycles. The number of rotatable bonds is 7. The van der Waals surface area contributed by atoms with Gasteiger partial charge in [-0.15, -0.1) is 0 Å². The molecule has 0 N–H and O–H groups in total. The Balaban J connectivity index is 1.76. The summed E-state index contributed by atoms with van der Waals surface area (Å²) in [5.74, 6) is -0.386. The Morgan fingerprint density at radius 2 is 1.47 bits per heavy atom. The SMILES string of the molecule is CC(Oc1cc(Oc2ccc(C(F)(F)F)cc2Cl)ccc1Cl)C(=O)C(C)c1ccc(Cl)c(Cl)c1. The van der Waals surface area contributed by atoms with Crippen LogP contribution in [0.3, 0.4) is 0 Å². The molecule has 2 unspecified atom stereocenters. The highest BCUT2D eigenvalue weighted by molar-refractivity contribution is 6.42. The molecule has 3 aromatic rings. The first-order valence-corrected chi connectivity index (χ1v) is 11.4. The fourth-order valence-electron chi connectivity index (χ4n) is 3.07. The van der Waals surface area contributed by atoms with Crippen LogP contribution in [0.1, 0.15) is 30.9 Å². The molecule has 0 amide bonds. The van der Waals surface area contributed by atoms with Crippen LogP contribution >= 0.6 is 46.4 Å². The number of ether oxygens (including phenoxy) is 2. The normalized spacial score (nSPS) is 13.3. The Morgan fingerprint density at radius 3 is 2.09 bits per heavy atom. The highest BCUT2D eigenvalue weighted by Gasteiger charge is 2.31. The topological polar surface area (TPSA) is 35.5 Å². The van der Waals surface area contributed by atoms with E-state index in [1.807, 2.05) is 0 Å². The lowest BCUT2D eigenvalue weighted by Gasteiger charge is -2.20. The first-order chi connectivity index (χ1) is 15.9. The van der Waals surface area contributed by atoms with Gasteiger partial charge in [0.25, 0.3) is 0 Å². The van der Waals surface area contributed by atoms with E-state index in [1.165, 1.54) is 18.2 Å². The number of hydrogen-bond acceptors (Lipinski definition) is 3. The first-order valence-electron chi connectivity index (χ1n) is 9.86. The van der Waals surface area contributed by atoms with Crippen molar-refractivity contribution in [3.05, 3.63) is 85.8 Å². The van der Waals surface area contributed by atoms with Gasteiger partial charge in [0.1, 0.15) is 17.2 Å². The molecule has 0 aliphatic heterocycles. The molecule has 3 aromatic carbocycles. The molecule has 34 heavy (non-hydrogen) atoms. The van der Waals surface area contributed by atoms with Gasteiger partial charge in [-0.3, -0.25) is 4.79 Å². The second kappa shape index (κ2) is 10.6. The molecule has 0 saturated carbocycles. The Hall–Kier alpha value is -2.12. The maximum atomic E-state index is 12.9. The van der Waals surface area contributed by atoms with Crippen LogP contribution in [0.5, 0.6) is 17.2 Å². The lowest BCUT2D eigenvalue weighted by molar-refractivity contribution is -0.137. The van der Waals surface area contributed by atoms with Crippen LogP contribution in [0.25, 0.3) is 0 Å². The number of alkyl halides is 3. The predicted octanol–water partition coefficient (Wildman–Crippen LogP) is 9.25. The fourth-order valence-corrected chi connectivity index (χ4v) is 3.76. The largest absolute Gasteiger partial charge is 0.481 e. The molecule has 0 fully saturated rings. The van der Waals surface area contributed by atoms with E-state index in [-0.39, 0.29) is 33.1 Å². The average Bonchev–Trinajstić information content (AvgIpc) is 2.77. The lowest BCUT2D eigenvalue weighted by Crippen LogP contribution is -2.28. The van der Waals surface area contributed by atoms with Gasteiger partial charge in [0, 0.05) is 12.0 Å². The van der Waals surface area contributed by atoms with E-state index in [0.29, 0.717) is 15.6 Å². The van der Waals surface area contributed by atoms with Crippen LogP contribution in [-0.4, -0.2) is 11.9 Å². The van der Waals surface area contributed by atoms with Gasteiger partial charge in [0.05, 0.1) is 25.7 Å². The molecule has 0 radical (unpaired) electrons. The minimum absolute atomic E-state index is 0.0142. The Bertz CT molecular complexity index is 1210. The molecule has 3 nitrogen and oxygen atoms in total. The van der Waals surface area contributed by atoms with Gasteiger partial charge in [0.2, 0.25) is 0 Å². The van der Waals surface area contributed by atoms with E-state index >= 15 is 0 Å². The summed E-state index contributed by atoms with van der Waals surface area (Å²) in [7, 11) is 0. The van der Waals surface area contributed by atoms with E-state index < -0.39 is 23.8 Å². The van der Waals surface area contributed by atoms with E-state index in [9.17, 15) is 18.0 Å². The third-order valence-electron chi connectivity index (χ3n) is 4.96. The second-order valence-electron chi connectivity index (χ2n) is 7.39. The molecule has 0 bridgehead atoms. The fraction of sp³-hybridized carbons (Fsp3) is 0.208. The van der Waals surface area contributed by atoms with E-state index in [1.54, 1.807) is 32.0 Å². The van der Waals surface area contributed by atoms with Gasteiger partial charge < -0.3 is 9.47 Å². The molecule has 180 valence electrons. The standard InChI is InChI=1S/C24H17Cl4F3O3/c1-12(14-3-6-17(25)19(27)9-14)23(32)13(2)33-22-11-16(5-7-18(22)26)34-21-8-4-15(10-20(21)28)24(29,30)31/h3-13H,1-2H3. The summed E-state index contributed by atoms with van der Waals surface area (Å²) in [6, 6.07) is 12.1. The van der Waals surface area contributed by atoms with Crippen LogP contribution < -0.4 is 9.47 Å². The summed E-state index contributed by atoms with van der Waals surface area (Å²) in [6.45, 7) is 3.29. The molecule has 10 heteroatoms. The van der Waals surface area contributed by atoms with E-state index in [2.05, 4.69) is 0 Å². The Morgan fingerprint density at radius 1 is 0.794 bits per heavy atom. The second-order valence-corrected chi connectivity index (χ2v) is 9.02. The molecule has 0 aliphatic rings. The zero-order valence-electron chi connectivity index (χ0n) is 17.7. The number of ketones is 1. The Labute approximate surface area is 214 Å². The zero-order chi connectivity index (χ0) is 25.2. The zero-order valence-corrected chi connectivity index (χ0v) is 20.7. The van der Waals surface area contributed by atoms with Crippen LogP contribution in [0.4, 0.5) is 13.2 Å². The van der Waals surface area contributed by atoms with Crippen molar-refractivity contribution in [2.75, 3.05) is 0 Å². The van der Waals surface area contributed by atoms with Gasteiger partial charge in [-0.05, 0) is 55.0 Å². The summed E-state index contributed by atoms with van der Waals surface area (Å²) in [5.41, 5.74) is -0.219.